The van der Waals surface area contributed by atoms with Crippen molar-refractivity contribution >= 4 is 0 Å². The summed E-state index contributed by atoms with van der Waals surface area (Å²) >= 11 is 0. The van der Waals surface area contributed by atoms with Gasteiger partial charge in [-0.15, -0.1) is 0 Å². The highest BCUT2D eigenvalue weighted by atomic mass is 16.1. The van der Waals surface area contributed by atoms with E-state index in [4.69, 9.17) is 4.98 Å². The predicted molar refractivity (Wildman–Crippen MR) is 93.9 cm³/mol. The summed E-state index contributed by atoms with van der Waals surface area (Å²) in [7, 11) is 2.07. The number of aromatic nitrogens is 3. The van der Waals surface area contributed by atoms with Crippen LogP contribution in [0, 0.1) is 0 Å². The van der Waals surface area contributed by atoms with Gasteiger partial charge in [0.25, 0.3) is 5.56 Å². The van der Waals surface area contributed by atoms with E-state index in [2.05, 4.69) is 39.8 Å². The van der Waals surface area contributed by atoms with Gasteiger partial charge in [0.15, 0.2) is 0 Å². The molecule has 0 amide bonds. The van der Waals surface area contributed by atoms with Gasteiger partial charge >= 0.3 is 0 Å². The van der Waals surface area contributed by atoms with Gasteiger partial charge in [0.2, 0.25) is 0 Å². The highest BCUT2D eigenvalue weighted by Gasteiger charge is 2.24. The van der Waals surface area contributed by atoms with Gasteiger partial charge in [-0.2, -0.15) is 0 Å². The zero-order valence-electron chi connectivity index (χ0n) is 14.4. The molecule has 2 aromatic heterocycles. The lowest BCUT2D eigenvalue weighted by atomic mass is 9.88. The lowest BCUT2D eigenvalue weighted by molar-refractivity contribution is 0.236. The zero-order chi connectivity index (χ0) is 16.5. The van der Waals surface area contributed by atoms with Crippen LogP contribution in [0.25, 0.3) is 0 Å². The molecule has 2 aliphatic rings. The van der Waals surface area contributed by atoms with Crippen LogP contribution in [0.1, 0.15) is 60.8 Å². The summed E-state index contributed by atoms with van der Waals surface area (Å²) in [4.78, 5) is 22.9. The Balaban J connectivity index is 1.53. The third-order valence-corrected chi connectivity index (χ3v) is 5.59. The molecule has 3 heterocycles. The highest BCUT2D eigenvalue weighted by Crippen LogP contribution is 2.30. The first-order valence-electron chi connectivity index (χ1n) is 9.15. The number of hydrogen-bond acceptors (Lipinski definition) is 3. The van der Waals surface area contributed by atoms with Gasteiger partial charge in [-0.1, -0.05) is 19.3 Å². The number of nitrogens with one attached hydrogen (secondary N) is 1. The largest absolute Gasteiger partial charge is 0.353 e. The van der Waals surface area contributed by atoms with Crippen molar-refractivity contribution in [1.29, 1.82) is 0 Å². The Labute approximate surface area is 142 Å². The average Bonchev–Trinajstić information content (AvgIpc) is 3.01. The monoisotopic (exact) mass is 326 g/mol. The van der Waals surface area contributed by atoms with Gasteiger partial charge in [0, 0.05) is 50.9 Å². The molecule has 2 aromatic rings. The number of rotatable bonds is 3. The summed E-state index contributed by atoms with van der Waals surface area (Å²) in [5, 5.41) is 0. The molecule has 24 heavy (non-hydrogen) atoms. The summed E-state index contributed by atoms with van der Waals surface area (Å²) < 4.78 is 2.14. The maximum Gasteiger partial charge on any atom is 0.255 e. The van der Waals surface area contributed by atoms with E-state index < -0.39 is 0 Å². The fourth-order valence-electron chi connectivity index (χ4n) is 4.09. The Morgan fingerprint density at radius 3 is 2.88 bits per heavy atom. The smallest absolute Gasteiger partial charge is 0.255 e. The minimum atomic E-state index is 0.0807. The molecule has 5 nitrogen and oxygen atoms in total. The van der Waals surface area contributed by atoms with Crippen LogP contribution in [0.15, 0.2) is 23.1 Å². The maximum atomic E-state index is 12.6. The third kappa shape index (κ3) is 3.05. The van der Waals surface area contributed by atoms with E-state index in [0.717, 1.165) is 36.6 Å². The highest BCUT2D eigenvalue weighted by molar-refractivity contribution is 5.22. The zero-order valence-corrected chi connectivity index (χ0v) is 14.4. The second kappa shape index (κ2) is 6.55. The van der Waals surface area contributed by atoms with Crippen LogP contribution in [0.5, 0.6) is 0 Å². The summed E-state index contributed by atoms with van der Waals surface area (Å²) in [5.74, 6) is 1.40. The maximum absolute atomic E-state index is 12.6. The minimum absolute atomic E-state index is 0.0807. The quantitative estimate of drug-likeness (QED) is 0.943. The molecule has 0 atom stereocenters. The first-order valence-corrected chi connectivity index (χ1v) is 9.15. The van der Waals surface area contributed by atoms with Gasteiger partial charge in [-0.3, -0.25) is 9.69 Å². The summed E-state index contributed by atoms with van der Waals surface area (Å²) in [6.45, 7) is 2.55. The Hall–Kier alpha value is -1.88. The lowest BCUT2D eigenvalue weighted by Gasteiger charge is -2.29. The number of aryl methyl sites for hydroxylation is 1. The molecule has 0 radical (unpaired) electrons. The van der Waals surface area contributed by atoms with E-state index in [1.54, 1.807) is 0 Å². The average molecular weight is 326 g/mol. The molecule has 5 heteroatoms. The van der Waals surface area contributed by atoms with Crippen LogP contribution in [-0.2, 0) is 26.6 Å². The van der Waals surface area contributed by atoms with Gasteiger partial charge in [-0.25, -0.2) is 4.98 Å². The molecular formula is C19H26N4O. The minimum Gasteiger partial charge on any atom is -0.353 e. The van der Waals surface area contributed by atoms with Crippen LogP contribution in [0.3, 0.4) is 0 Å². The molecule has 1 saturated carbocycles. The molecule has 1 aliphatic heterocycles. The fraction of sp³-hybridized carbons (Fsp3) is 0.579. The van der Waals surface area contributed by atoms with E-state index in [-0.39, 0.29) is 5.56 Å². The molecule has 1 fully saturated rings. The summed E-state index contributed by atoms with van der Waals surface area (Å²) in [5.41, 5.74) is 3.26. The van der Waals surface area contributed by atoms with Crippen LogP contribution < -0.4 is 5.56 Å². The van der Waals surface area contributed by atoms with Gasteiger partial charge < -0.3 is 9.55 Å². The third-order valence-electron chi connectivity index (χ3n) is 5.59. The topological polar surface area (TPSA) is 53.9 Å². The Kier molecular flexibility index (Phi) is 4.27. The van der Waals surface area contributed by atoms with Crippen molar-refractivity contribution in [2.24, 2.45) is 7.05 Å². The summed E-state index contributed by atoms with van der Waals surface area (Å²) in [6, 6.07) is 4.21. The standard InChI is InChI=1S/C19H26N4O/c1-22-10-5-8-15(22)12-23-11-9-17-16(13-23)19(24)21-18(20-17)14-6-3-2-4-7-14/h5,8,10,14H,2-4,6-7,9,11-13H2,1H3,(H,20,21,24). The predicted octanol–water partition coefficient (Wildman–Crippen LogP) is 2.71. The second-order valence-electron chi connectivity index (χ2n) is 7.28. The van der Waals surface area contributed by atoms with Crippen molar-refractivity contribution in [2.75, 3.05) is 6.54 Å². The van der Waals surface area contributed by atoms with Gasteiger partial charge in [0.1, 0.15) is 5.82 Å². The number of fused-ring (bicyclic) bond motifs is 1. The van der Waals surface area contributed by atoms with Gasteiger partial charge in [0.05, 0.1) is 11.3 Å². The Bertz CT molecular complexity index is 770. The summed E-state index contributed by atoms with van der Waals surface area (Å²) in [6.07, 6.45) is 9.12. The van der Waals surface area contributed by atoms with Crippen molar-refractivity contribution < 1.29 is 0 Å². The van der Waals surface area contributed by atoms with E-state index in [1.165, 1.54) is 37.8 Å². The molecule has 128 valence electrons. The van der Waals surface area contributed by atoms with Crippen LogP contribution in [0.2, 0.25) is 0 Å². The number of hydrogen-bond donors (Lipinski definition) is 1. The fourth-order valence-corrected chi connectivity index (χ4v) is 4.09. The van der Waals surface area contributed by atoms with E-state index in [9.17, 15) is 4.79 Å². The number of H-pyrrole nitrogens is 1. The van der Waals surface area contributed by atoms with Crippen LogP contribution in [-0.4, -0.2) is 26.0 Å². The Morgan fingerprint density at radius 2 is 2.12 bits per heavy atom. The molecule has 0 unspecified atom stereocenters. The molecule has 0 saturated heterocycles. The second-order valence-corrected chi connectivity index (χ2v) is 7.28. The molecule has 0 aromatic carbocycles. The van der Waals surface area contributed by atoms with Gasteiger partial charge in [-0.05, 0) is 25.0 Å². The SMILES string of the molecule is Cn1cccc1CN1CCc2nc(C3CCCCC3)[nH]c(=O)c2C1. The first-order chi connectivity index (χ1) is 11.7. The molecule has 1 N–H and O–H groups in total. The Morgan fingerprint density at radius 1 is 1.29 bits per heavy atom. The molecule has 0 bridgehead atoms. The van der Waals surface area contributed by atoms with Crippen LogP contribution >= 0.6 is 0 Å². The van der Waals surface area contributed by atoms with Crippen molar-refractivity contribution in [1.82, 2.24) is 19.4 Å². The van der Waals surface area contributed by atoms with Crippen molar-refractivity contribution in [2.45, 2.75) is 57.5 Å². The molecule has 4 rings (SSSR count). The molecular weight excluding hydrogens is 300 g/mol. The van der Waals surface area contributed by atoms with E-state index in [1.807, 2.05) is 0 Å². The normalized spacial score (nSPS) is 19.4. The molecule has 0 spiro atoms. The number of nitrogens with zero attached hydrogens (tertiary/aromatic N) is 3. The molecule has 1 aliphatic carbocycles. The van der Waals surface area contributed by atoms with E-state index >= 15 is 0 Å². The van der Waals surface area contributed by atoms with Crippen LogP contribution in [0.4, 0.5) is 0 Å². The van der Waals surface area contributed by atoms with Crippen molar-refractivity contribution in [3.8, 4) is 0 Å². The first kappa shape index (κ1) is 15.6. The number of aromatic amines is 1. The van der Waals surface area contributed by atoms with E-state index in [0.29, 0.717) is 12.5 Å². The van der Waals surface area contributed by atoms with Crippen molar-refractivity contribution in [3.63, 3.8) is 0 Å². The van der Waals surface area contributed by atoms with Crippen molar-refractivity contribution in [3.05, 3.63) is 51.5 Å². The lowest BCUT2D eigenvalue weighted by Crippen LogP contribution is -2.36.